The maximum atomic E-state index is 13.0. The Kier molecular flexibility index (Phi) is 7.16. The summed E-state index contributed by atoms with van der Waals surface area (Å²) < 4.78 is 13.0. The van der Waals surface area contributed by atoms with Crippen LogP contribution in [0.5, 0.6) is 0 Å². The average Bonchev–Trinajstić information content (AvgIpc) is 2.69. The molecule has 2 aromatic rings. The minimum absolute atomic E-state index is 0.231. The van der Waals surface area contributed by atoms with E-state index in [0.717, 1.165) is 23.8 Å². The molecule has 0 spiro atoms. The highest BCUT2D eigenvalue weighted by molar-refractivity contribution is 5.54. The van der Waals surface area contributed by atoms with E-state index in [1.165, 1.54) is 75.5 Å². The molecule has 1 aliphatic rings. The van der Waals surface area contributed by atoms with E-state index in [1.807, 2.05) is 12.4 Å². The number of nitrogens with zero attached hydrogens (tertiary/aromatic N) is 2. The lowest BCUT2D eigenvalue weighted by molar-refractivity contribution is 0.249. The summed E-state index contributed by atoms with van der Waals surface area (Å²) >= 11 is 0. The van der Waals surface area contributed by atoms with Gasteiger partial charge in [-0.05, 0) is 54.5 Å². The predicted molar refractivity (Wildman–Crippen MR) is 105 cm³/mol. The van der Waals surface area contributed by atoms with Crippen molar-refractivity contribution in [1.82, 2.24) is 9.97 Å². The molecule has 1 aromatic carbocycles. The van der Waals surface area contributed by atoms with Crippen molar-refractivity contribution in [3.05, 3.63) is 48.0 Å². The Morgan fingerprint density at radius 1 is 0.885 bits per heavy atom. The number of aromatic nitrogens is 2. The Bertz CT molecular complexity index is 643. The van der Waals surface area contributed by atoms with Gasteiger partial charge in [0.25, 0.3) is 0 Å². The van der Waals surface area contributed by atoms with Crippen molar-refractivity contribution in [3.8, 4) is 11.4 Å². The van der Waals surface area contributed by atoms with Gasteiger partial charge in [-0.25, -0.2) is 14.4 Å². The third kappa shape index (κ3) is 5.62. The maximum Gasteiger partial charge on any atom is 0.159 e. The van der Waals surface area contributed by atoms with Gasteiger partial charge in [-0.3, -0.25) is 0 Å². The summed E-state index contributed by atoms with van der Waals surface area (Å²) in [5.41, 5.74) is 2.07. The highest BCUT2D eigenvalue weighted by Gasteiger charge is 2.20. The van der Waals surface area contributed by atoms with E-state index in [4.69, 9.17) is 0 Å². The second kappa shape index (κ2) is 9.80. The van der Waals surface area contributed by atoms with Gasteiger partial charge >= 0.3 is 0 Å². The van der Waals surface area contributed by atoms with Gasteiger partial charge in [0.05, 0.1) is 0 Å². The number of hydrogen-bond donors (Lipinski definition) is 0. The van der Waals surface area contributed by atoms with Gasteiger partial charge in [0.15, 0.2) is 5.82 Å². The second-order valence-electron chi connectivity index (χ2n) is 7.84. The lowest BCUT2D eigenvalue weighted by atomic mass is 9.78. The Hall–Kier alpha value is -1.77. The van der Waals surface area contributed by atoms with Crippen LogP contribution < -0.4 is 0 Å². The van der Waals surface area contributed by atoms with E-state index in [1.54, 1.807) is 12.1 Å². The van der Waals surface area contributed by atoms with Crippen molar-refractivity contribution in [2.24, 2.45) is 11.8 Å². The summed E-state index contributed by atoms with van der Waals surface area (Å²) in [6.45, 7) is 2.28. The molecule has 1 heterocycles. The van der Waals surface area contributed by atoms with Crippen molar-refractivity contribution < 1.29 is 4.39 Å². The van der Waals surface area contributed by atoms with Crippen LogP contribution in [-0.2, 0) is 6.42 Å². The third-order valence-electron chi connectivity index (χ3n) is 5.83. The summed E-state index contributed by atoms with van der Waals surface area (Å²) in [6, 6.07) is 6.35. The van der Waals surface area contributed by atoms with Crippen LogP contribution in [-0.4, -0.2) is 9.97 Å². The summed E-state index contributed by atoms with van der Waals surface area (Å²) in [5.74, 6) is 2.29. The van der Waals surface area contributed by atoms with Crippen LogP contribution in [0.25, 0.3) is 11.4 Å². The lowest BCUT2D eigenvalue weighted by Gasteiger charge is -2.28. The van der Waals surface area contributed by atoms with E-state index < -0.39 is 0 Å². The molecule has 0 unspecified atom stereocenters. The molecule has 140 valence electrons. The molecule has 3 rings (SSSR count). The number of halogens is 1. The Labute approximate surface area is 157 Å². The molecule has 0 amide bonds. The zero-order chi connectivity index (χ0) is 18.2. The SMILES string of the molecule is CCCCCC1CCC(CCc2cnc(-c3ccc(F)cc3)nc2)CC1. The molecule has 1 fully saturated rings. The second-order valence-corrected chi connectivity index (χ2v) is 7.84. The molecule has 0 atom stereocenters. The van der Waals surface area contributed by atoms with Crippen molar-refractivity contribution in [1.29, 1.82) is 0 Å². The molecule has 3 heteroatoms. The first-order chi connectivity index (χ1) is 12.7. The van der Waals surface area contributed by atoms with E-state index in [0.29, 0.717) is 5.82 Å². The summed E-state index contributed by atoms with van der Waals surface area (Å²) in [5, 5.41) is 0. The Balaban J connectivity index is 1.42. The third-order valence-corrected chi connectivity index (χ3v) is 5.83. The minimum Gasteiger partial charge on any atom is -0.236 e. The summed E-state index contributed by atoms with van der Waals surface area (Å²) in [4.78, 5) is 8.93. The molecule has 0 bridgehead atoms. The van der Waals surface area contributed by atoms with Crippen LogP contribution in [0.1, 0.15) is 70.3 Å². The molecule has 0 radical (unpaired) electrons. The number of aryl methyl sites for hydroxylation is 1. The summed E-state index contributed by atoms with van der Waals surface area (Å²) in [6.07, 6.45) is 17.4. The number of hydrogen-bond acceptors (Lipinski definition) is 2. The van der Waals surface area contributed by atoms with Crippen LogP contribution in [0.15, 0.2) is 36.7 Å². The van der Waals surface area contributed by atoms with Crippen LogP contribution in [0.4, 0.5) is 4.39 Å². The molecule has 26 heavy (non-hydrogen) atoms. The van der Waals surface area contributed by atoms with Gasteiger partial charge in [0.2, 0.25) is 0 Å². The first kappa shape index (κ1) is 19.0. The predicted octanol–water partition coefficient (Wildman–Crippen LogP) is 6.60. The van der Waals surface area contributed by atoms with Crippen molar-refractivity contribution in [2.75, 3.05) is 0 Å². The first-order valence-corrected chi connectivity index (χ1v) is 10.3. The molecule has 0 N–H and O–H groups in total. The van der Waals surface area contributed by atoms with Crippen molar-refractivity contribution in [2.45, 2.75) is 71.1 Å². The quantitative estimate of drug-likeness (QED) is 0.499. The van der Waals surface area contributed by atoms with Crippen LogP contribution in [0.3, 0.4) is 0 Å². The van der Waals surface area contributed by atoms with E-state index >= 15 is 0 Å². The number of benzene rings is 1. The number of unbranched alkanes of at least 4 members (excludes halogenated alkanes) is 2. The van der Waals surface area contributed by atoms with E-state index in [2.05, 4.69) is 16.9 Å². The van der Waals surface area contributed by atoms with Crippen molar-refractivity contribution in [3.63, 3.8) is 0 Å². The van der Waals surface area contributed by atoms with E-state index in [9.17, 15) is 4.39 Å². The van der Waals surface area contributed by atoms with Gasteiger partial charge < -0.3 is 0 Å². The van der Waals surface area contributed by atoms with E-state index in [-0.39, 0.29) is 5.82 Å². The molecule has 0 saturated heterocycles. The van der Waals surface area contributed by atoms with Gasteiger partial charge in [0.1, 0.15) is 5.82 Å². The zero-order valence-corrected chi connectivity index (χ0v) is 16.0. The zero-order valence-electron chi connectivity index (χ0n) is 16.0. The smallest absolute Gasteiger partial charge is 0.159 e. The fourth-order valence-electron chi connectivity index (χ4n) is 4.09. The first-order valence-electron chi connectivity index (χ1n) is 10.3. The lowest BCUT2D eigenvalue weighted by Crippen LogP contribution is -2.15. The van der Waals surface area contributed by atoms with Gasteiger partial charge in [-0.1, -0.05) is 58.3 Å². The molecule has 2 nitrogen and oxygen atoms in total. The van der Waals surface area contributed by atoms with Crippen molar-refractivity contribution >= 4 is 0 Å². The van der Waals surface area contributed by atoms with Gasteiger partial charge in [-0.15, -0.1) is 0 Å². The average molecular weight is 355 g/mol. The molecular formula is C23H31FN2. The Morgan fingerprint density at radius 2 is 1.50 bits per heavy atom. The maximum absolute atomic E-state index is 13.0. The molecule has 1 aromatic heterocycles. The van der Waals surface area contributed by atoms with Crippen LogP contribution in [0, 0.1) is 17.7 Å². The standard InChI is InChI=1S/C23H31FN2/c1-2-3-4-5-18-6-8-19(9-7-18)10-11-20-16-25-23(26-17-20)21-12-14-22(24)15-13-21/h12-19H,2-11H2,1H3. The largest absolute Gasteiger partial charge is 0.236 e. The normalized spacial score (nSPS) is 20.2. The topological polar surface area (TPSA) is 25.8 Å². The fraction of sp³-hybridized carbons (Fsp3) is 0.565. The summed E-state index contributed by atoms with van der Waals surface area (Å²) in [7, 11) is 0. The molecular weight excluding hydrogens is 323 g/mol. The minimum atomic E-state index is -0.231. The van der Waals surface area contributed by atoms with Crippen LogP contribution in [0.2, 0.25) is 0 Å². The van der Waals surface area contributed by atoms with Gasteiger partial charge in [0, 0.05) is 18.0 Å². The molecule has 0 aliphatic heterocycles. The Morgan fingerprint density at radius 3 is 2.12 bits per heavy atom. The van der Waals surface area contributed by atoms with Crippen LogP contribution >= 0.6 is 0 Å². The number of rotatable bonds is 8. The highest BCUT2D eigenvalue weighted by atomic mass is 19.1. The fourth-order valence-corrected chi connectivity index (χ4v) is 4.09. The van der Waals surface area contributed by atoms with Gasteiger partial charge in [-0.2, -0.15) is 0 Å². The monoisotopic (exact) mass is 354 g/mol. The molecule has 1 saturated carbocycles. The highest BCUT2D eigenvalue weighted by Crippen LogP contribution is 2.34. The molecule has 1 aliphatic carbocycles.